The van der Waals surface area contributed by atoms with E-state index in [1.54, 1.807) is 0 Å². The lowest BCUT2D eigenvalue weighted by Gasteiger charge is -2.14. The van der Waals surface area contributed by atoms with Gasteiger partial charge in [-0.15, -0.1) is 0 Å². The van der Waals surface area contributed by atoms with Gasteiger partial charge in [-0.3, -0.25) is 9.59 Å². The second-order valence-corrected chi connectivity index (χ2v) is 3.99. The summed E-state index contributed by atoms with van der Waals surface area (Å²) in [6.45, 7) is 3.68. The number of carboxylic acid groups (broad SMARTS) is 2. The zero-order valence-electron chi connectivity index (χ0n) is 9.40. The molecule has 0 aromatic carbocycles. The topological polar surface area (TPSA) is 104 Å². The van der Waals surface area contributed by atoms with Crippen molar-refractivity contribution in [2.24, 2.45) is 5.92 Å². The minimum Gasteiger partial charge on any atom is -0.481 e. The van der Waals surface area contributed by atoms with Crippen molar-refractivity contribution in [1.82, 2.24) is 5.32 Å². The molecule has 0 saturated carbocycles. The Hall–Kier alpha value is -1.59. The number of hydrogen-bond donors (Lipinski definition) is 3. The van der Waals surface area contributed by atoms with Crippen LogP contribution in [-0.4, -0.2) is 34.1 Å². The number of nitrogens with one attached hydrogen (secondary N) is 1. The van der Waals surface area contributed by atoms with Gasteiger partial charge in [-0.05, 0) is 12.3 Å². The van der Waals surface area contributed by atoms with Crippen molar-refractivity contribution in [2.75, 3.05) is 0 Å². The lowest BCUT2D eigenvalue weighted by Crippen LogP contribution is -2.41. The van der Waals surface area contributed by atoms with Gasteiger partial charge >= 0.3 is 11.9 Å². The van der Waals surface area contributed by atoms with Crippen LogP contribution in [0, 0.1) is 5.92 Å². The van der Waals surface area contributed by atoms with Crippen LogP contribution in [0.5, 0.6) is 0 Å². The molecule has 0 aromatic rings. The summed E-state index contributed by atoms with van der Waals surface area (Å²) in [5.74, 6) is -2.52. The van der Waals surface area contributed by atoms with Gasteiger partial charge in [-0.2, -0.15) is 0 Å². The molecule has 0 aromatic heterocycles. The molecule has 0 saturated heterocycles. The summed E-state index contributed by atoms with van der Waals surface area (Å²) in [5, 5.41) is 19.5. The molecule has 1 atom stereocenters. The predicted octanol–water partition coefficient (Wildman–Crippen LogP) is 0.467. The zero-order valence-corrected chi connectivity index (χ0v) is 9.40. The Labute approximate surface area is 93.6 Å². The van der Waals surface area contributed by atoms with Crippen molar-refractivity contribution in [3.63, 3.8) is 0 Å². The fourth-order valence-corrected chi connectivity index (χ4v) is 1.15. The van der Waals surface area contributed by atoms with Crippen molar-refractivity contribution in [1.29, 1.82) is 0 Å². The average molecular weight is 231 g/mol. The van der Waals surface area contributed by atoms with Crippen LogP contribution in [0.1, 0.15) is 33.1 Å². The summed E-state index contributed by atoms with van der Waals surface area (Å²) in [4.78, 5) is 32.3. The SMILES string of the molecule is CC(C)CC(=O)N[C@H](CCC(=O)O)C(=O)O. The molecule has 0 rings (SSSR count). The molecule has 16 heavy (non-hydrogen) atoms. The Kier molecular flexibility index (Phi) is 6.14. The first kappa shape index (κ1) is 14.4. The fourth-order valence-electron chi connectivity index (χ4n) is 1.15. The molecule has 1 amide bonds. The predicted molar refractivity (Wildman–Crippen MR) is 55.9 cm³/mol. The van der Waals surface area contributed by atoms with Gasteiger partial charge in [0.15, 0.2) is 0 Å². The Balaban J connectivity index is 4.17. The zero-order chi connectivity index (χ0) is 12.7. The lowest BCUT2D eigenvalue weighted by molar-refractivity contribution is -0.143. The van der Waals surface area contributed by atoms with Gasteiger partial charge < -0.3 is 15.5 Å². The lowest BCUT2D eigenvalue weighted by atomic mass is 10.1. The molecular weight excluding hydrogens is 214 g/mol. The number of carbonyl (C=O) groups is 3. The highest BCUT2D eigenvalue weighted by molar-refractivity contribution is 5.84. The number of carboxylic acids is 2. The molecule has 0 fully saturated rings. The van der Waals surface area contributed by atoms with Crippen LogP contribution in [0.25, 0.3) is 0 Å². The third-order valence-corrected chi connectivity index (χ3v) is 1.87. The molecule has 0 radical (unpaired) electrons. The molecule has 6 nitrogen and oxygen atoms in total. The van der Waals surface area contributed by atoms with Crippen molar-refractivity contribution in [3.8, 4) is 0 Å². The van der Waals surface area contributed by atoms with E-state index < -0.39 is 18.0 Å². The van der Waals surface area contributed by atoms with Crippen LogP contribution >= 0.6 is 0 Å². The first-order valence-corrected chi connectivity index (χ1v) is 5.07. The van der Waals surface area contributed by atoms with E-state index in [2.05, 4.69) is 5.32 Å². The van der Waals surface area contributed by atoms with Gasteiger partial charge in [0.1, 0.15) is 6.04 Å². The van der Waals surface area contributed by atoms with Gasteiger partial charge in [0.2, 0.25) is 5.91 Å². The molecule has 0 aliphatic heterocycles. The van der Waals surface area contributed by atoms with Crippen LogP contribution in [0.3, 0.4) is 0 Å². The van der Waals surface area contributed by atoms with E-state index >= 15 is 0 Å². The molecular formula is C10H17NO5. The molecule has 3 N–H and O–H groups in total. The first-order chi connectivity index (χ1) is 7.32. The maximum atomic E-state index is 11.3. The van der Waals surface area contributed by atoms with Gasteiger partial charge in [-0.1, -0.05) is 13.8 Å². The van der Waals surface area contributed by atoms with Crippen LogP contribution in [0.15, 0.2) is 0 Å². The summed E-state index contributed by atoms with van der Waals surface area (Å²) in [5.41, 5.74) is 0. The molecule has 0 aliphatic carbocycles. The minimum absolute atomic E-state index is 0.103. The number of hydrogen-bond acceptors (Lipinski definition) is 3. The van der Waals surface area contributed by atoms with E-state index in [4.69, 9.17) is 10.2 Å². The van der Waals surface area contributed by atoms with Crippen molar-refractivity contribution >= 4 is 17.8 Å². The van der Waals surface area contributed by atoms with Crippen LogP contribution < -0.4 is 5.32 Å². The van der Waals surface area contributed by atoms with E-state index in [1.807, 2.05) is 13.8 Å². The Morgan fingerprint density at radius 3 is 2.12 bits per heavy atom. The fraction of sp³-hybridized carbons (Fsp3) is 0.700. The Bertz CT molecular complexity index is 274. The first-order valence-electron chi connectivity index (χ1n) is 5.07. The van der Waals surface area contributed by atoms with Crippen molar-refractivity contribution in [3.05, 3.63) is 0 Å². The second kappa shape index (κ2) is 6.81. The van der Waals surface area contributed by atoms with E-state index in [0.29, 0.717) is 0 Å². The van der Waals surface area contributed by atoms with E-state index in [9.17, 15) is 14.4 Å². The molecule has 0 aliphatic rings. The summed E-state index contributed by atoms with van der Waals surface area (Å²) < 4.78 is 0. The van der Waals surface area contributed by atoms with Gasteiger partial charge in [-0.25, -0.2) is 4.79 Å². The summed E-state index contributed by atoms with van der Waals surface area (Å²) >= 11 is 0. The summed E-state index contributed by atoms with van der Waals surface area (Å²) in [6, 6.07) is -1.12. The molecule has 0 heterocycles. The van der Waals surface area contributed by atoms with Crippen molar-refractivity contribution in [2.45, 2.75) is 39.2 Å². The van der Waals surface area contributed by atoms with E-state index in [1.165, 1.54) is 0 Å². The highest BCUT2D eigenvalue weighted by Crippen LogP contribution is 2.02. The molecule has 0 bridgehead atoms. The second-order valence-electron chi connectivity index (χ2n) is 3.99. The van der Waals surface area contributed by atoms with Gasteiger partial charge in [0, 0.05) is 12.8 Å². The average Bonchev–Trinajstić information content (AvgIpc) is 2.09. The Morgan fingerprint density at radius 2 is 1.75 bits per heavy atom. The summed E-state index contributed by atoms with van der Waals surface area (Å²) in [7, 11) is 0. The monoisotopic (exact) mass is 231 g/mol. The third-order valence-electron chi connectivity index (χ3n) is 1.87. The molecule has 92 valence electrons. The number of carbonyl (C=O) groups excluding carboxylic acids is 1. The minimum atomic E-state index is -1.21. The maximum Gasteiger partial charge on any atom is 0.326 e. The standard InChI is InChI=1S/C10H17NO5/c1-6(2)5-8(12)11-7(10(15)16)3-4-9(13)14/h6-7H,3-5H2,1-2H3,(H,11,12)(H,13,14)(H,15,16)/t7-/m1/s1. The number of aliphatic carboxylic acids is 2. The summed E-state index contributed by atoms with van der Waals surface area (Å²) in [6.07, 6.45) is -0.149. The smallest absolute Gasteiger partial charge is 0.326 e. The third kappa shape index (κ3) is 6.80. The molecule has 0 unspecified atom stereocenters. The van der Waals surface area contributed by atoms with Crippen LogP contribution in [-0.2, 0) is 14.4 Å². The van der Waals surface area contributed by atoms with Crippen molar-refractivity contribution < 1.29 is 24.6 Å². The van der Waals surface area contributed by atoms with E-state index in [0.717, 1.165) is 0 Å². The Morgan fingerprint density at radius 1 is 1.19 bits per heavy atom. The largest absolute Gasteiger partial charge is 0.481 e. The van der Waals surface area contributed by atoms with Gasteiger partial charge in [0.25, 0.3) is 0 Å². The highest BCUT2D eigenvalue weighted by atomic mass is 16.4. The number of amides is 1. The van der Waals surface area contributed by atoms with E-state index in [-0.39, 0.29) is 31.1 Å². The highest BCUT2D eigenvalue weighted by Gasteiger charge is 2.20. The van der Waals surface area contributed by atoms with Crippen LogP contribution in [0.2, 0.25) is 0 Å². The van der Waals surface area contributed by atoms with Gasteiger partial charge in [0.05, 0.1) is 0 Å². The molecule has 6 heteroatoms. The molecule has 0 spiro atoms. The normalized spacial score (nSPS) is 12.2. The maximum absolute atomic E-state index is 11.3. The quantitative estimate of drug-likeness (QED) is 0.590. The number of rotatable bonds is 7. The van der Waals surface area contributed by atoms with Crippen LogP contribution in [0.4, 0.5) is 0 Å².